The molecule has 9 heteroatoms. The largest absolute Gasteiger partial charge is 0.396 e. The van der Waals surface area contributed by atoms with Crippen LogP contribution < -0.4 is 0 Å². The number of hydrogen-bond acceptors (Lipinski definition) is 9. The average molecular weight is 561 g/mol. The predicted molar refractivity (Wildman–Crippen MR) is 147 cm³/mol. The summed E-state index contributed by atoms with van der Waals surface area (Å²) in [6.07, 6.45) is 12.8. The average Bonchev–Trinajstić information content (AvgIpc) is 2.94. The quantitative estimate of drug-likeness (QED) is 0.145. The van der Waals surface area contributed by atoms with Crippen LogP contribution in [0.1, 0.15) is 110 Å². The van der Waals surface area contributed by atoms with E-state index < -0.39 is 18.9 Å². The van der Waals surface area contributed by atoms with Crippen LogP contribution >= 0.6 is 0 Å². The molecule has 0 spiro atoms. The molecular weight excluding hydrogens is 504 g/mol. The minimum Gasteiger partial charge on any atom is -0.396 e. The van der Waals surface area contributed by atoms with Gasteiger partial charge >= 0.3 is 0 Å². The lowest BCUT2D eigenvalue weighted by Gasteiger charge is -2.37. The molecule has 0 saturated heterocycles. The third-order valence-electron chi connectivity index (χ3n) is 8.69. The molecule has 9 nitrogen and oxygen atoms in total. The Bertz CT molecular complexity index is 597. The molecular formula is C30H56O9. The Labute approximate surface area is 235 Å². The molecule has 0 aliphatic heterocycles. The van der Waals surface area contributed by atoms with Crippen molar-refractivity contribution in [2.24, 2.45) is 11.8 Å². The van der Waals surface area contributed by atoms with Crippen molar-refractivity contribution in [1.82, 2.24) is 0 Å². The summed E-state index contributed by atoms with van der Waals surface area (Å²) in [6, 6.07) is 0. The van der Waals surface area contributed by atoms with E-state index in [1.807, 2.05) is 0 Å². The van der Waals surface area contributed by atoms with Gasteiger partial charge in [0, 0.05) is 38.3 Å². The molecule has 3 saturated carbocycles. The van der Waals surface area contributed by atoms with Crippen molar-refractivity contribution in [2.45, 2.75) is 153 Å². The van der Waals surface area contributed by atoms with Crippen molar-refractivity contribution in [3.05, 3.63) is 0 Å². The topological polar surface area (TPSA) is 127 Å². The highest BCUT2D eigenvalue weighted by Crippen LogP contribution is 2.34. The Balaban J connectivity index is 1.21. The van der Waals surface area contributed by atoms with Crippen molar-refractivity contribution >= 4 is 0 Å². The highest BCUT2D eigenvalue weighted by atomic mass is 16.6. The van der Waals surface area contributed by atoms with E-state index >= 15 is 0 Å². The number of hydrogen-bond donors (Lipinski definition) is 4. The first-order chi connectivity index (χ1) is 18.9. The molecule has 3 unspecified atom stereocenters. The Kier molecular flexibility index (Phi) is 16.1. The summed E-state index contributed by atoms with van der Waals surface area (Å²) in [5.41, 5.74) is 0. The molecule has 0 aromatic rings. The first-order valence-electron chi connectivity index (χ1n) is 15.7. The Hall–Kier alpha value is -0.360. The van der Waals surface area contributed by atoms with Crippen LogP contribution in [0.5, 0.6) is 0 Å². The third-order valence-corrected chi connectivity index (χ3v) is 8.69. The summed E-state index contributed by atoms with van der Waals surface area (Å²) in [5.74, 6) is 0.329. The zero-order valence-corrected chi connectivity index (χ0v) is 24.2. The number of rotatable bonds is 18. The fourth-order valence-corrected chi connectivity index (χ4v) is 6.17. The van der Waals surface area contributed by atoms with Gasteiger partial charge < -0.3 is 44.1 Å². The second kappa shape index (κ2) is 18.9. The Morgan fingerprint density at radius 3 is 1.33 bits per heavy atom. The SMILES string of the molecule is CC(O)OCCCCOC1CCC(C(O)OC2CCC(OC(O)C3CCC(OCCCCO)CC3)CC2)CC1. The summed E-state index contributed by atoms with van der Waals surface area (Å²) >= 11 is 0. The summed E-state index contributed by atoms with van der Waals surface area (Å²) in [6.45, 7) is 3.80. The van der Waals surface area contributed by atoms with Crippen LogP contribution in [-0.4, -0.2) is 90.1 Å². The fraction of sp³-hybridized carbons (Fsp3) is 1.00. The van der Waals surface area contributed by atoms with Gasteiger partial charge in [0.25, 0.3) is 0 Å². The van der Waals surface area contributed by atoms with Crippen molar-refractivity contribution in [2.75, 3.05) is 26.4 Å². The molecule has 0 radical (unpaired) electrons. The fourth-order valence-electron chi connectivity index (χ4n) is 6.17. The van der Waals surface area contributed by atoms with Gasteiger partial charge in [-0.15, -0.1) is 0 Å². The Morgan fingerprint density at radius 1 is 0.538 bits per heavy atom. The van der Waals surface area contributed by atoms with Crippen LogP contribution in [0.25, 0.3) is 0 Å². The normalized spacial score (nSPS) is 32.5. The summed E-state index contributed by atoms with van der Waals surface area (Å²) < 4.78 is 29.2. The van der Waals surface area contributed by atoms with Crippen molar-refractivity contribution < 1.29 is 44.1 Å². The molecule has 3 atom stereocenters. The molecule has 3 aliphatic rings. The van der Waals surface area contributed by atoms with Gasteiger partial charge in [-0.25, -0.2) is 0 Å². The van der Waals surface area contributed by atoms with Crippen LogP contribution in [0.15, 0.2) is 0 Å². The van der Waals surface area contributed by atoms with Gasteiger partial charge in [0.05, 0.1) is 24.4 Å². The Morgan fingerprint density at radius 2 is 0.923 bits per heavy atom. The van der Waals surface area contributed by atoms with Gasteiger partial charge in [-0.05, 0) is 110 Å². The standard InChI is InChI=1S/C30H56O9/c1-22(32)35-19-4-5-21-37-26-12-8-24(9-13-26)30(34)39-28-16-14-27(15-17-28)38-29(33)23-6-10-25(11-7-23)36-20-3-2-18-31/h22-34H,2-21H2,1H3. The van der Waals surface area contributed by atoms with E-state index in [4.69, 9.17) is 33.9 Å². The number of aliphatic hydroxyl groups is 4. The van der Waals surface area contributed by atoms with Crippen LogP contribution in [-0.2, 0) is 23.7 Å². The first kappa shape index (κ1) is 33.1. The molecule has 39 heavy (non-hydrogen) atoms. The molecule has 3 rings (SSSR count). The van der Waals surface area contributed by atoms with E-state index in [1.165, 1.54) is 0 Å². The highest BCUT2D eigenvalue weighted by molar-refractivity contribution is 4.80. The van der Waals surface area contributed by atoms with E-state index in [-0.39, 0.29) is 42.9 Å². The first-order valence-corrected chi connectivity index (χ1v) is 15.7. The zero-order valence-electron chi connectivity index (χ0n) is 24.2. The molecule has 0 aromatic carbocycles. The molecule has 0 aromatic heterocycles. The lowest BCUT2D eigenvalue weighted by Crippen LogP contribution is -2.38. The van der Waals surface area contributed by atoms with Crippen LogP contribution in [0.4, 0.5) is 0 Å². The third kappa shape index (κ3) is 13.0. The van der Waals surface area contributed by atoms with Crippen LogP contribution in [0, 0.1) is 11.8 Å². The van der Waals surface area contributed by atoms with Crippen molar-refractivity contribution in [3.63, 3.8) is 0 Å². The van der Waals surface area contributed by atoms with Gasteiger partial charge in [-0.2, -0.15) is 0 Å². The van der Waals surface area contributed by atoms with E-state index in [0.29, 0.717) is 19.8 Å². The molecule has 3 aliphatic carbocycles. The summed E-state index contributed by atoms with van der Waals surface area (Å²) in [5, 5.41) is 39.4. The predicted octanol–water partition coefficient (Wildman–Crippen LogP) is 4.03. The monoisotopic (exact) mass is 560 g/mol. The van der Waals surface area contributed by atoms with E-state index in [9.17, 15) is 10.2 Å². The zero-order chi connectivity index (χ0) is 27.9. The maximum absolute atomic E-state index is 10.7. The molecule has 3 fully saturated rings. The van der Waals surface area contributed by atoms with Gasteiger partial charge in [-0.1, -0.05) is 0 Å². The van der Waals surface area contributed by atoms with E-state index in [0.717, 1.165) is 103 Å². The minimum atomic E-state index is -0.724. The number of unbranched alkanes of at least 4 members (excludes halogenated alkanes) is 2. The van der Waals surface area contributed by atoms with Crippen LogP contribution in [0.3, 0.4) is 0 Å². The van der Waals surface area contributed by atoms with Crippen LogP contribution in [0.2, 0.25) is 0 Å². The van der Waals surface area contributed by atoms with Gasteiger partial charge in [0.1, 0.15) is 0 Å². The molecule has 230 valence electrons. The minimum absolute atomic E-state index is 0.0493. The number of aliphatic hydroxyl groups excluding tert-OH is 4. The lowest BCUT2D eigenvalue weighted by atomic mass is 9.86. The highest BCUT2D eigenvalue weighted by Gasteiger charge is 2.33. The molecule has 4 N–H and O–H groups in total. The summed E-state index contributed by atoms with van der Waals surface area (Å²) in [7, 11) is 0. The van der Waals surface area contributed by atoms with Gasteiger partial charge in [0.15, 0.2) is 18.9 Å². The van der Waals surface area contributed by atoms with E-state index in [2.05, 4.69) is 0 Å². The molecule has 0 amide bonds. The van der Waals surface area contributed by atoms with Crippen molar-refractivity contribution in [3.8, 4) is 0 Å². The maximum Gasteiger partial charge on any atom is 0.157 e. The van der Waals surface area contributed by atoms with Gasteiger partial charge in [-0.3, -0.25) is 0 Å². The maximum atomic E-state index is 10.7. The number of ether oxygens (including phenoxy) is 5. The molecule has 0 bridgehead atoms. The second-order valence-corrected chi connectivity index (χ2v) is 11.9. The lowest BCUT2D eigenvalue weighted by molar-refractivity contribution is -0.207. The molecule has 0 heterocycles. The van der Waals surface area contributed by atoms with Crippen molar-refractivity contribution in [1.29, 1.82) is 0 Å². The second-order valence-electron chi connectivity index (χ2n) is 11.9. The summed E-state index contributed by atoms with van der Waals surface area (Å²) in [4.78, 5) is 0. The smallest absolute Gasteiger partial charge is 0.157 e. The van der Waals surface area contributed by atoms with Gasteiger partial charge in [0.2, 0.25) is 0 Å². The van der Waals surface area contributed by atoms with E-state index in [1.54, 1.807) is 6.92 Å².